The van der Waals surface area contributed by atoms with Gasteiger partial charge >= 0.3 is 5.97 Å². The minimum atomic E-state index is -0.802. The maximum absolute atomic E-state index is 10.9. The minimum absolute atomic E-state index is 0.107. The average Bonchev–Trinajstić information content (AvgIpc) is 3.30. The van der Waals surface area contributed by atoms with Crippen LogP contribution < -0.4 is 4.74 Å². The van der Waals surface area contributed by atoms with E-state index in [1.165, 1.54) is 0 Å². The Kier molecular flexibility index (Phi) is 7.25. The van der Waals surface area contributed by atoms with E-state index in [0.29, 0.717) is 23.8 Å². The van der Waals surface area contributed by atoms with E-state index in [9.17, 15) is 4.79 Å². The number of carboxylic acid groups (broad SMARTS) is 1. The van der Waals surface area contributed by atoms with Gasteiger partial charge in [-0.05, 0) is 61.6 Å². The fourth-order valence-electron chi connectivity index (χ4n) is 3.93. The Morgan fingerprint density at radius 1 is 1.06 bits per heavy atom. The highest BCUT2D eigenvalue weighted by atomic mass is 16.5. The molecule has 180 valence electrons. The predicted octanol–water partition coefficient (Wildman–Crippen LogP) is 6.39. The number of aryl methyl sites for hydroxylation is 2. The topological polar surface area (TPSA) is 98.3 Å². The van der Waals surface area contributed by atoms with Gasteiger partial charge in [0.25, 0.3) is 0 Å². The zero-order chi connectivity index (χ0) is 24.9. The van der Waals surface area contributed by atoms with Crippen LogP contribution in [0, 0.1) is 6.92 Å². The lowest BCUT2D eigenvalue weighted by molar-refractivity contribution is -0.136. The quantitative estimate of drug-likeness (QED) is 0.302. The number of carboxylic acids is 1. The summed E-state index contributed by atoms with van der Waals surface area (Å²) in [6.07, 6.45) is 5.31. The van der Waals surface area contributed by atoms with Gasteiger partial charge in [-0.3, -0.25) is 14.8 Å². The van der Waals surface area contributed by atoms with E-state index in [0.717, 1.165) is 33.6 Å². The van der Waals surface area contributed by atoms with Crippen molar-refractivity contribution in [1.29, 1.82) is 0 Å². The Morgan fingerprint density at radius 3 is 2.43 bits per heavy atom. The molecule has 0 fully saturated rings. The highest BCUT2D eigenvalue weighted by Crippen LogP contribution is 2.34. The maximum Gasteiger partial charge on any atom is 0.303 e. The van der Waals surface area contributed by atoms with Gasteiger partial charge in [0, 0.05) is 29.9 Å². The smallest absolute Gasteiger partial charge is 0.303 e. The van der Waals surface area contributed by atoms with Crippen molar-refractivity contribution in [3.05, 3.63) is 83.6 Å². The number of carbonyl (C=O) groups is 1. The molecule has 7 nitrogen and oxygen atoms in total. The Bertz CT molecular complexity index is 1300. The van der Waals surface area contributed by atoms with Crippen LogP contribution in [0.5, 0.6) is 5.75 Å². The van der Waals surface area contributed by atoms with Gasteiger partial charge in [0.05, 0.1) is 17.6 Å². The molecule has 4 aromatic rings. The van der Waals surface area contributed by atoms with Gasteiger partial charge in [-0.2, -0.15) is 0 Å². The first kappa shape index (κ1) is 24.1. The lowest BCUT2D eigenvalue weighted by Gasteiger charge is -2.16. The predicted molar refractivity (Wildman–Crippen MR) is 133 cm³/mol. The number of rotatable bonds is 9. The van der Waals surface area contributed by atoms with Crippen LogP contribution >= 0.6 is 0 Å². The van der Waals surface area contributed by atoms with E-state index in [1.54, 1.807) is 18.6 Å². The van der Waals surface area contributed by atoms with Gasteiger partial charge in [0.1, 0.15) is 5.75 Å². The molecule has 35 heavy (non-hydrogen) atoms. The molecule has 1 unspecified atom stereocenters. The third-order valence-electron chi connectivity index (χ3n) is 5.82. The molecule has 4 rings (SSSR count). The first-order chi connectivity index (χ1) is 16.8. The lowest BCUT2D eigenvalue weighted by Crippen LogP contribution is -2.06. The van der Waals surface area contributed by atoms with Crippen LogP contribution in [0.3, 0.4) is 0 Å². The summed E-state index contributed by atoms with van der Waals surface area (Å²) in [5, 5.41) is 8.94. The summed E-state index contributed by atoms with van der Waals surface area (Å²) < 4.78 is 12.4. The van der Waals surface area contributed by atoms with E-state index in [1.807, 2.05) is 56.3 Å². The molecule has 0 aliphatic rings. The second-order valence-electron chi connectivity index (χ2n) is 8.83. The summed E-state index contributed by atoms with van der Waals surface area (Å²) in [5.41, 5.74) is 5.51. The van der Waals surface area contributed by atoms with Crippen LogP contribution in [0.25, 0.3) is 22.7 Å². The molecule has 1 atom stereocenters. The van der Waals surface area contributed by atoms with Gasteiger partial charge in [0.2, 0.25) is 5.89 Å². The summed E-state index contributed by atoms with van der Waals surface area (Å²) in [7, 11) is 0. The van der Waals surface area contributed by atoms with Crippen molar-refractivity contribution in [1.82, 2.24) is 15.0 Å². The van der Waals surface area contributed by atoms with Crippen molar-refractivity contribution in [2.75, 3.05) is 0 Å². The molecule has 1 N–H and O–H groups in total. The number of nitrogens with zero attached hydrogens (tertiary/aromatic N) is 3. The monoisotopic (exact) mass is 471 g/mol. The van der Waals surface area contributed by atoms with Crippen LogP contribution in [-0.2, 0) is 11.2 Å². The standard InChI is InChI=1S/C28H29N3O4/c1-17(2)26-27(19(4)34-23-11-9-20(18(3)15-23)10-12-25(32)33)35-28(31-26)22-7-5-21(6-8-22)24-16-29-13-14-30-24/h5-9,11,13-17,19H,10,12H2,1-4H3,(H,32,33). The van der Waals surface area contributed by atoms with E-state index in [2.05, 4.69) is 23.8 Å². The normalized spacial score (nSPS) is 12.0. The van der Waals surface area contributed by atoms with E-state index in [-0.39, 0.29) is 18.4 Å². The third kappa shape index (κ3) is 5.74. The number of hydrogen-bond acceptors (Lipinski definition) is 6. The fraction of sp³-hybridized carbons (Fsp3) is 0.286. The Hall–Kier alpha value is -4.00. The van der Waals surface area contributed by atoms with Crippen molar-refractivity contribution in [2.24, 2.45) is 0 Å². The molecule has 0 saturated carbocycles. The van der Waals surface area contributed by atoms with Crippen LogP contribution in [0.2, 0.25) is 0 Å². The molecule has 0 spiro atoms. The molecule has 0 aliphatic heterocycles. The van der Waals surface area contributed by atoms with Crippen LogP contribution in [0.15, 0.2) is 65.5 Å². The molecule has 2 heterocycles. The number of oxazole rings is 1. The Balaban J connectivity index is 1.54. The van der Waals surface area contributed by atoms with Crippen molar-refractivity contribution in [3.63, 3.8) is 0 Å². The van der Waals surface area contributed by atoms with E-state index >= 15 is 0 Å². The summed E-state index contributed by atoms with van der Waals surface area (Å²) >= 11 is 0. The highest BCUT2D eigenvalue weighted by molar-refractivity contribution is 5.67. The summed E-state index contributed by atoms with van der Waals surface area (Å²) in [4.78, 5) is 24.1. The van der Waals surface area contributed by atoms with Gasteiger partial charge in [-0.25, -0.2) is 4.98 Å². The number of ether oxygens (including phenoxy) is 1. The zero-order valence-electron chi connectivity index (χ0n) is 20.4. The lowest BCUT2D eigenvalue weighted by atomic mass is 10.0. The van der Waals surface area contributed by atoms with Gasteiger partial charge in [-0.15, -0.1) is 0 Å². The largest absolute Gasteiger partial charge is 0.483 e. The molecule has 0 saturated heterocycles. The van der Waals surface area contributed by atoms with Crippen LogP contribution in [0.1, 0.15) is 61.8 Å². The molecule has 0 radical (unpaired) electrons. The molecule has 0 amide bonds. The summed E-state index contributed by atoms with van der Waals surface area (Å²) in [6.45, 7) is 8.07. The molecular formula is C28H29N3O4. The second-order valence-corrected chi connectivity index (χ2v) is 8.83. The van der Waals surface area contributed by atoms with Gasteiger partial charge < -0.3 is 14.3 Å². The number of aliphatic carboxylic acids is 1. The van der Waals surface area contributed by atoms with Crippen LogP contribution in [0.4, 0.5) is 0 Å². The van der Waals surface area contributed by atoms with Crippen molar-refractivity contribution >= 4 is 5.97 Å². The Labute approximate surface area is 204 Å². The molecule has 2 aromatic carbocycles. The Morgan fingerprint density at radius 2 is 1.80 bits per heavy atom. The average molecular weight is 472 g/mol. The molecular weight excluding hydrogens is 442 g/mol. The van der Waals surface area contributed by atoms with E-state index < -0.39 is 5.97 Å². The highest BCUT2D eigenvalue weighted by Gasteiger charge is 2.23. The first-order valence-electron chi connectivity index (χ1n) is 11.7. The maximum atomic E-state index is 10.9. The summed E-state index contributed by atoms with van der Waals surface area (Å²) in [5.74, 6) is 1.30. The third-order valence-corrected chi connectivity index (χ3v) is 5.82. The van der Waals surface area contributed by atoms with Crippen LogP contribution in [-0.4, -0.2) is 26.0 Å². The number of hydrogen-bond donors (Lipinski definition) is 1. The van der Waals surface area contributed by atoms with Crippen molar-refractivity contribution in [3.8, 4) is 28.5 Å². The van der Waals surface area contributed by atoms with E-state index in [4.69, 9.17) is 19.2 Å². The second kappa shape index (κ2) is 10.5. The van der Waals surface area contributed by atoms with Crippen molar-refractivity contribution < 1.29 is 19.1 Å². The van der Waals surface area contributed by atoms with Crippen molar-refractivity contribution in [2.45, 2.75) is 52.6 Å². The summed E-state index contributed by atoms with van der Waals surface area (Å²) in [6, 6.07) is 13.6. The molecule has 0 bridgehead atoms. The molecule has 7 heteroatoms. The zero-order valence-corrected chi connectivity index (χ0v) is 20.4. The van der Waals surface area contributed by atoms with Gasteiger partial charge in [-0.1, -0.05) is 32.0 Å². The number of aromatic nitrogens is 3. The van der Waals surface area contributed by atoms with Gasteiger partial charge in [0.15, 0.2) is 11.9 Å². The SMILES string of the molecule is Cc1cc(OC(C)c2oc(-c3ccc(-c4cnccn4)cc3)nc2C(C)C)ccc1CCC(=O)O. The number of benzene rings is 2. The minimum Gasteiger partial charge on any atom is -0.483 e. The molecule has 0 aliphatic carbocycles. The fourth-order valence-corrected chi connectivity index (χ4v) is 3.93. The first-order valence-corrected chi connectivity index (χ1v) is 11.7. The molecule has 2 aromatic heterocycles.